The molecule has 0 amide bonds. The van der Waals surface area contributed by atoms with E-state index in [1.807, 2.05) is 0 Å². The lowest BCUT2D eigenvalue weighted by molar-refractivity contribution is -0.139. The van der Waals surface area contributed by atoms with Gasteiger partial charge in [-0.2, -0.15) is 0 Å². The van der Waals surface area contributed by atoms with Crippen LogP contribution in [0.15, 0.2) is 0 Å². The van der Waals surface area contributed by atoms with Crippen molar-refractivity contribution in [3.63, 3.8) is 0 Å². The van der Waals surface area contributed by atoms with Crippen molar-refractivity contribution in [3.8, 4) is 0 Å². The average molecular weight is 209 g/mol. The molecule has 0 spiro atoms. The average Bonchev–Trinajstić information content (AvgIpc) is 2.00. The van der Waals surface area contributed by atoms with E-state index in [9.17, 15) is 13.6 Å². The first kappa shape index (κ1) is 13.3. The molecule has 0 radical (unpaired) electrons. The number of hydrogen-bond acceptors (Lipinski definition) is 2. The summed E-state index contributed by atoms with van der Waals surface area (Å²) in [5.41, 5.74) is 4.87. The smallest absolute Gasteiger partial charge is 0.320 e. The summed E-state index contributed by atoms with van der Waals surface area (Å²) in [6.45, 7) is 3.50. The van der Waals surface area contributed by atoms with Gasteiger partial charge in [-0.15, -0.1) is 0 Å². The Kier molecular flexibility index (Phi) is 4.97. The summed E-state index contributed by atoms with van der Waals surface area (Å²) >= 11 is 0. The van der Waals surface area contributed by atoms with Crippen molar-refractivity contribution in [2.75, 3.05) is 0 Å². The van der Waals surface area contributed by atoms with E-state index in [0.29, 0.717) is 0 Å². The van der Waals surface area contributed by atoms with Crippen LogP contribution in [0.3, 0.4) is 0 Å². The Morgan fingerprint density at radius 2 is 2.00 bits per heavy atom. The number of hydrogen-bond donors (Lipinski definition) is 2. The maximum absolute atomic E-state index is 11.9. The third-order valence-electron chi connectivity index (χ3n) is 2.13. The Bertz CT molecular complexity index is 195. The molecule has 0 rings (SSSR count). The van der Waals surface area contributed by atoms with Gasteiger partial charge in [-0.05, 0) is 18.3 Å². The molecule has 0 aliphatic heterocycles. The second kappa shape index (κ2) is 5.24. The van der Waals surface area contributed by atoms with Gasteiger partial charge in [0.2, 0.25) is 6.43 Å². The molecule has 0 fully saturated rings. The maximum atomic E-state index is 11.9. The highest BCUT2D eigenvalue weighted by molar-refractivity contribution is 5.73. The van der Waals surface area contributed by atoms with E-state index < -0.39 is 23.9 Å². The lowest BCUT2D eigenvalue weighted by Crippen LogP contribution is -2.35. The fourth-order valence-corrected chi connectivity index (χ4v) is 1.28. The molecule has 0 heterocycles. The van der Waals surface area contributed by atoms with E-state index in [0.717, 1.165) is 0 Å². The number of alkyl halides is 2. The largest absolute Gasteiger partial charge is 0.480 e. The van der Waals surface area contributed by atoms with Gasteiger partial charge in [0.05, 0.1) is 0 Å². The zero-order valence-electron chi connectivity index (χ0n) is 8.46. The summed E-state index contributed by atoms with van der Waals surface area (Å²) in [7, 11) is 0. The van der Waals surface area contributed by atoms with Crippen molar-refractivity contribution >= 4 is 5.97 Å². The Hall–Kier alpha value is -0.710. The van der Waals surface area contributed by atoms with E-state index in [2.05, 4.69) is 0 Å². The summed E-state index contributed by atoms with van der Waals surface area (Å²) in [4.78, 5) is 10.4. The molecule has 0 aliphatic rings. The highest BCUT2D eigenvalue weighted by Crippen LogP contribution is 2.29. The monoisotopic (exact) mass is 209 g/mol. The topological polar surface area (TPSA) is 63.3 Å². The standard InChI is InChI=1S/C9H17F2NO2/c1-9(2,4-3-7(10)11)5-6(12)8(13)14/h6-7H,3-5,12H2,1-2H3,(H,13,14)/t6-/m0/s1. The molecule has 0 saturated heterocycles. The highest BCUT2D eigenvalue weighted by atomic mass is 19.3. The Labute approximate surface area is 82.3 Å². The predicted octanol–water partition coefficient (Wildman–Crippen LogP) is 1.86. The van der Waals surface area contributed by atoms with E-state index in [1.165, 1.54) is 0 Å². The molecule has 3 nitrogen and oxygen atoms in total. The minimum absolute atomic E-state index is 0.209. The zero-order chi connectivity index (χ0) is 11.4. The molecule has 14 heavy (non-hydrogen) atoms. The summed E-state index contributed by atoms with van der Waals surface area (Å²) < 4.78 is 23.8. The number of carboxylic acids is 1. The summed E-state index contributed by atoms with van der Waals surface area (Å²) in [6.07, 6.45) is -2.05. The maximum Gasteiger partial charge on any atom is 0.320 e. The number of aliphatic carboxylic acids is 1. The van der Waals surface area contributed by atoms with Crippen LogP contribution in [-0.2, 0) is 4.79 Å². The van der Waals surface area contributed by atoms with Crippen LogP contribution in [-0.4, -0.2) is 23.5 Å². The molecule has 1 atom stereocenters. The number of carboxylic acid groups (broad SMARTS) is 1. The highest BCUT2D eigenvalue weighted by Gasteiger charge is 2.25. The van der Waals surface area contributed by atoms with E-state index >= 15 is 0 Å². The molecule has 5 heteroatoms. The van der Waals surface area contributed by atoms with Crippen LogP contribution in [0.1, 0.15) is 33.1 Å². The van der Waals surface area contributed by atoms with Crippen molar-refractivity contribution in [1.29, 1.82) is 0 Å². The molecule has 0 aromatic carbocycles. The van der Waals surface area contributed by atoms with Gasteiger partial charge in [0.25, 0.3) is 0 Å². The van der Waals surface area contributed by atoms with E-state index in [1.54, 1.807) is 13.8 Å². The number of rotatable bonds is 6. The quantitative estimate of drug-likeness (QED) is 0.701. The second-order valence-electron chi connectivity index (χ2n) is 4.24. The first-order valence-corrected chi connectivity index (χ1v) is 4.51. The van der Waals surface area contributed by atoms with Crippen molar-refractivity contribution in [2.45, 2.75) is 45.6 Å². The molecule has 0 aromatic rings. The lowest BCUT2D eigenvalue weighted by atomic mass is 9.82. The fourth-order valence-electron chi connectivity index (χ4n) is 1.28. The molecule has 0 unspecified atom stereocenters. The lowest BCUT2D eigenvalue weighted by Gasteiger charge is -2.26. The predicted molar refractivity (Wildman–Crippen MR) is 49.2 cm³/mol. The fraction of sp³-hybridized carbons (Fsp3) is 0.889. The Morgan fingerprint density at radius 3 is 2.36 bits per heavy atom. The molecule has 0 saturated carbocycles. The third-order valence-corrected chi connectivity index (χ3v) is 2.13. The number of carbonyl (C=O) groups is 1. The van der Waals surface area contributed by atoms with E-state index in [4.69, 9.17) is 10.8 Å². The molecule has 0 aromatic heterocycles. The third kappa shape index (κ3) is 5.85. The van der Waals surface area contributed by atoms with Gasteiger partial charge in [0.15, 0.2) is 0 Å². The van der Waals surface area contributed by atoms with Crippen LogP contribution in [0.5, 0.6) is 0 Å². The van der Waals surface area contributed by atoms with Crippen LogP contribution in [0.2, 0.25) is 0 Å². The van der Waals surface area contributed by atoms with Crippen molar-refractivity contribution in [3.05, 3.63) is 0 Å². The van der Waals surface area contributed by atoms with Gasteiger partial charge in [0, 0.05) is 6.42 Å². The Morgan fingerprint density at radius 1 is 1.50 bits per heavy atom. The second-order valence-corrected chi connectivity index (χ2v) is 4.24. The van der Waals surface area contributed by atoms with Crippen LogP contribution in [0.4, 0.5) is 8.78 Å². The minimum Gasteiger partial charge on any atom is -0.480 e. The van der Waals surface area contributed by atoms with Gasteiger partial charge in [-0.3, -0.25) is 4.79 Å². The first-order chi connectivity index (χ1) is 6.24. The van der Waals surface area contributed by atoms with Crippen LogP contribution in [0, 0.1) is 5.41 Å². The van der Waals surface area contributed by atoms with Crippen molar-refractivity contribution in [1.82, 2.24) is 0 Å². The molecule has 3 N–H and O–H groups in total. The van der Waals surface area contributed by atoms with Crippen LogP contribution < -0.4 is 5.73 Å². The van der Waals surface area contributed by atoms with Crippen LogP contribution >= 0.6 is 0 Å². The molecule has 0 bridgehead atoms. The van der Waals surface area contributed by atoms with Gasteiger partial charge in [-0.1, -0.05) is 13.8 Å². The molecular formula is C9H17F2NO2. The van der Waals surface area contributed by atoms with Gasteiger partial charge in [0.1, 0.15) is 6.04 Å². The summed E-state index contributed by atoms with van der Waals surface area (Å²) in [6, 6.07) is -0.970. The summed E-state index contributed by atoms with van der Waals surface area (Å²) in [5.74, 6) is -1.09. The van der Waals surface area contributed by atoms with Crippen molar-refractivity contribution in [2.24, 2.45) is 11.1 Å². The van der Waals surface area contributed by atoms with E-state index in [-0.39, 0.29) is 19.3 Å². The van der Waals surface area contributed by atoms with Crippen LogP contribution in [0.25, 0.3) is 0 Å². The number of nitrogens with two attached hydrogens (primary N) is 1. The number of halogens is 2. The SMILES string of the molecule is CC(C)(CCC(F)F)C[C@H](N)C(=O)O. The molecule has 84 valence electrons. The normalized spacial score (nSPS) is 14.4. The molecule has 0 aliphatic carbocycles. The first-order valence-electron chi connectivity index (χ1n) is 4.51. The summed E-state index contributed by atoms with van der Waals surface area (Å²) in [5, 5.41) is 8.55. The van der Waals surface area contributed by atoms with Gasteiger partial charge < -0.3 is 10.8 Å². The Balaban J connectivity index is 3.99. The van der Waals surface area contributed by atoms with Gasteiger partial charge >= 0.3 is 5.97 Å². The van der Waals surface area contributed by atoms with Crippen molar-refractivity contribution < 1.29 is 18.7 Å². The minimum atomic E-state index is -2.34. The zero-order valence-corrected chi connectivity index (χ0v) is 8.46. The van der Waals surface area contributed by atoms with Gasteiger partial charge in [-0.25, -0.2) is 8.78 Å². The molecular weight excluding hydrogens is 192 g/mol.